The molecule has 0 unspecified atom stereocenters. The van der Waals surface area contributed by atoms with E-state index in [9.17, 15) is 19.5 Å². The average molecular weight is 477 g/mol. The number of anilines is 1. The fourth-order valence-electron chi connectivity index (χ4n) is 3.75. The fraction of sp³-hybridized carbons (Fsp3) is 0.524. The predicted octanol–water partition coefficient (Wildman–Crippen LogP) is 2.29. The summed E-state index contributed by atoms with van der Waals surface area (Å²) in [6, 6.07) is 2.75. The van der Waals surface area contributed by atoms with Crippen molar-refractivity contribution in [3.05, 3.63) is 24.0 Å². The normalized spacial score (nSPS) is 16.5. The van der Waals surface area contributed by atoms with Crippen LogP contribution in [-0.2, 0) is 16.3 Å². The van der Waals surface area contributed by atoms with Crippen LogP contribution in [0.1, 0.15) is 23.2 Å². The molecule has 3 rings (SSSR count). The summed E-state index contributed by atoms with van der Waals surface area (Å²) < 4.78 is 7.74. The Hall–Kier alpha value is -3.12. The van der Waals surface area contributed by atoms with E-state index in [4.69, 9.17) is 4.74 Å². The highest BCUT2D eigenvalue weighted by Crippen LogP contribution is 2.29. The molecule has 33 heavy (non-hydrogen) atoms. The molecule has 1 aliphatic rings. The Morgan fingerprint density at radius 3 is 2.85 bits per heavy atom. The average Bonchev–Trinajstić information content (AvgIpc) is 3.18. The van der Waals surface area contributed by atoms with Gasteiger partial charge >= 0.3 is 6.09 Å². The highest BCUT2D eigenvalue weighted by molar-refractivity contribution is 6.76. The zero-order valence-corrected chi connectivity index (χ0v) is 20.3. The first-order valence-corrected chi connectivity index (χ1v) is 14.7. The topological polar surface area (TPSA) is 138 Å². The molecule has 1 atom stereocenters. The number of pyridine rings is 1. The highest BCUT2D eigenvalue weighted by atomic mass is 28.3. The third-order valence-electron chi connectivity index (χ3n) is 5.55. The second kappa shape index (κ2) is 10.7. The van der Waals surface area contributed by atoms with Gasteiger partial charge in [0.05, 0.1) is 11.3 Å². The quantitative estimate of drug-likeness (QED) is 0.179. The van der Waals surface area contributed by atoms with Crippen LogP contribution < -0.4 is 16.2 Å². The molecule has 180 valence electrons. The van der Waals surface area contributed by atoms with Crippen molar-refractivity contribution in [1.82, 2.24) is 25.3 Å². The number of ether oxygens (including phenoxy) is 1. The number of hydrogen-bond donors (Lipinski definition) is 4. The van der Waals surface area contributed by atoms with Gasteiger partial charge in [0.1, 0.15) is 12.4 Å². The second-order valence-corrected chi connectivity index (χ2v) is 15.0. The molecule has 2 aromatic heterocycles. The van der Waals surface area contributed by atoms with Crippen molar-refractivity contribution in [3.8, 4) is 0 Å². The minimum Gasteiger partial charge on any atom is -0.465 e. The first-order chi connectivity index (χ1) is 15.7. The Balaban J connectivity index is 1.86. The maximum absolute atomic E-state index is 12.6. The van der Waals surface area contributed by atoms with Crippen LogP contribution in [0.2, 0.25) is 25.7 Å². The molecule has 3 amide bonds. The molecule has 2 aromatic rings. The maximum atomic E-state index is 12.6. The third-order valence-corrected chi connectivity index (χ3v) is 7.25. The molecule has 4 N–H and O–H groups in total. The predicted molar refractivity (Wildman–Crippen MR) is 127 cm³/mol. The largest absolute Gasteiger partial charge is 0.465 e. The van der Waals surface area contributed by atoms with Crippen molar-refractivity contribution in [2.45, 2.75) is 51.3 Å². The van der Waals surface area contributed by atoms with Gasteiger partial charge in [0.15, 0.2) is 0 Å². The van der Waals surface area contributed by atoms with E-state index in [0.29, 0.717) is 44.2 Å². The van der Waals surface area contributed by atoms with E-state index >= 15 is 0 Å². The van der Waals surface area contributed by atoms with Gasteiger partial charge in [-0.15, -0.1) is 0 Å². The Morgan fingerprint density at radius 1 is 1.36 bits per heavy atom. The number of nitrogens with one attached hydrogen (secondary N) is 3. The first-order valence-electron chi connectivity index (χ1n) is 11.0. The van der Waals surface area contributed by atoms with E-state index in [0.717, 1.165) is 24.3 Å². The molecule has 11 nitrogen and oxygen atoms in total. The maximum Gasteiger partial charge on any atom is 0.407 e. The molecule has 3 heterocycles. The molecule has 1 fully saturated rings. The molecule has 0 aliphatic carbocycles. The highest BCUT2D eigenvalue weighted by Gasteiger charge is 2.26. The SMILES string of the molecule is C[Si](C)(C)CCOCn1ccc2c(N[C@@H]3CCCN(C(=O)O)C3)c(C(=O)NNC=O)cnc21. The summed E-state index contributed by atoms with van der Waals surface area (Å²) in [4.78, 5) is 40.5. The van der Waals surface area contributed by atoms with Crippen LogP contribution in [0.3, 0.4) is 0 Å². The zero-order valence-electron chi connectivity index (χ0n) is 19.3. The molecule has 12 heteroatoms. The van der Waals surface area contributed by atoms with Gasteiger partial charge in [0.25, 0.3) is 5.91 Å². The lowest BCUT2D eigenvalue weighted by molar-refractivity contribution is -0.110. The molecule has 1 saturated heterocycles. The zero-order chi connectivity index (χ0) is 24.0. The van der Waals surface area contributed by atoms with Crippen LogP contribution >= 0.6 is 0 Å². The lowest BCUT2D eigenvalue weighted by atomic mass is 10.0. The monoisotopic (exact) mass is 476 g/mol. The van der Waals surface area contributed by atoms with Gasteiger partial charge in [0.2, 0.25) is 6.41 Å². The van der Waals surface area contributed by atoms with Crippen molar-refractivity contribution in [2.24, 2.45) is 0 Å². The van der Waals surface area contributed by atoms with Gasteiger partial charge in [-0.05, 0) is 25.0 Å². The Morgan fingerprint density at radius 2 is 2.15 bits per heavy atom. The minimum atomic E-state index is -1.19. The number of piperidine rings is 1. The standard InChI is InChI=1S/C21H32N6O5Si/c1-33(2,3)10-9-32-14-27-8-6-16-18(24-15-5-4-7-26(12-15)21(30)31)17(11-22-19(16)27)20(29)25-23-13-28/h6,8,11,13,15H,4-5,7,9-10,12,14H2,1-3H3,(H,22,24)(H,23,28)(H,25,29)(H,30,31)/t15-/m1/s1. The second-order valence-electron chi connectivity index (χ2n) is 9.35. The number of likely N-dealkylation sites (tertiary alicyclic amines) is 1. The third kappa shape index (κ3) is 6.45. The summed E-state index contributed by atoms with van der Waals surface area (Å²) in [5.41, 5.74) is 5.91. The van der Waals surface area contributed by atoms with E-state index < -0.39 is 20.1 Å². The van der Waals surface area contributed by atoms with Crippen LogP contribution in [0, 0.1) is 0 Å². The molecular formula is C21H32N6O5Si. The molecule has 1 aliphatic heterocycles. The number of nitrogens with zero attached hydrogens (tertiary/aromatic N) is 3. The number of rotatable bonds is 10. The number of aromatic nitrogens is 2. The van der Waals surface area contributed by atoms with Crippen molar-refractivity contribution in [3.63, 3.8) is 0 Å². The number of fused-ring (bicyclic) bond motifs is 1. The lowest BCUT2D eigenvalue weighted by Gasteiger charge is -2.32. The van der Waals surface area contributed by atoms with E-state index in [2.05, 4.69) is 40.8 Å². The summed E-state index contributed by atoms with van der Waals surface area (Å²) in [6.45, 7) is 8.70. The van der Waals surface area contributed by atoms with Gasteiger partial charge in [0, 0.05) is 51.6 Å². The van der Waals surface area contributed by atoms with Crippen LogP contribution in [0.25, 0.3) is 11.0 Å². The van der Waals surface area contributed by atoms with Crippen LogP contribution in [-0.4, -0.2) is 71.8 Å². The fourth-order valence-corrected chi connectivity index (χ4v) is 4.50. The van der Waals surface area contributed by atoms with Gasteiger partial charge in [-0.2, -0.15) is 0 Å². The number of carboxylic acid groups (broad SMARTS) is 1. The first kappa shape index (κ1) is 24.5. The molecule has 0 aromatic carbocycles. The van der Waals surface area contributed by atoms with Gasteiger partial charge < -0.3 is 24.6 Å². The molecule has 0 radical (unpaired) electrons. The summed E-state index contributed by atoms with van der Waals surface area (Å²) in [6.07, 6.45) is 4.20. The number of hydrazine groups is 1. The van der Waals surface area contributed by atoms with E-state index in [1.54, 1.807) is 0 Å². The summed E-state index contributed by atoms with van der Waals surface area (Å²) in [5, 5.41) is 13.4. The van der Waals surface area contributed by atoms with Gasteiger partial charge in [-0.3, -0.25) is 20.4 Å². The van der Waals surface area contributed by atoms with Crippen molar-refractivity contribution in [1.29, 1.82) is 0 Å². The summed E-state index contributed by atoms with van der Waals surface area (Å²) >= 11 is 0. The number of amides is 3. The van der Waals surface area contributed by atoms with Gasteiger partial charge in [-0.1, -0.05) is 19.6 Å². The van der Waals surface area contributed by atoms with Crippen molar-refractivity contribution < 1.29 is 24.2 Å². The molecule has 0 bridgehead atoms. The van der Waals surface area contributed by atoms with Crippen LogP contribution in [0.4, 0.5) is 10.5 Å². The summed E-state index contributed by atoms with van der Waals surface area (Å²) in [7, 11) is -1.19. The van der Waals surface area contributed by atoms with Crippen LogP contribution in [0.15, 0.2) is 18.5 Å². The summed E-state index contributed by atoms with van der Waals surface area (Å²) in [5.74, 6) is -0.524. The number of hydrogen-bond acceptors (Lipinski definition) is 6. The number of carbonyl (C=O) groups is 3. The van der Waals surface area contributed by atoms with E-state index in [1.165, 1.54) is 11.1 Å². The molecule has 0 spiro atoms. The van der Waals surface area contributed by atoms with Crippen molar-refractivity contribution in [2.75, 3.05) is 25.0 Å². The molecule has 0 saturated carbocycles. The molecular weight excluding hydrogens is 444 g/mol. The Bertz CT molecular complexity index is 1000. The minimum absolute atomic E-state index is 0.164. The van der Waals surface area contributed by atoms with E-state index in [-0.39, 0.29) is 11.6 Å². The van der Waals surface area contributed by atoms with Gasteiger partial charge in [-0.25, -0.2) is 9.78 Å². The Kier molecular flexibility index (Phi) is 7.92. The smallest absolute Gasteiger partial charge is 0.407 e. The lowest BCUT2D eigenvalue weighted by Crippen LogP contribution is -2.45. The number of carbonyl (C=O) groups excluding carboxylic acids is 2. The van der Waals surface area contributed by atoms with Crippen molar-refractivity contribution >= 4 is 43.2 Å². The van der Waals surface area contributed by atoms with E-state index in [1.807, 2.05) is 16.8 Å². The van der Waals surface area contributed by atoms with Crippen LogP contribution in [0.5, 0.6) is 0 Å². The Labute approximate surface area is 193 Å².